The van der Waals surface area contributed by atoms with E-state index in [9.17, 15) is 0 Å². The summed E-state index contributed by atoms with van der Waals surface area (Å²) in [5.74, 6) is 1.01. The van der Waals surface area contributed by atoms with E-state index in [4.69, 9.17) is 4.42 Å². The lowest BCUT2D eigenvalue weighted by atomic mass is 10.1. The van der Waals surface area contributed by atoms with Gasteiger partial charge in [-0.15, -0.1) is 0 Å². The van der Waals surface area contributed by atoms with Gasteiger partial charge in [-0.1, -0.05) is 18.2 Å². The highest BCUT2D eigenvalue weighted by molar-refractivity contribution is 5.52. The molecule has 0 bridgehead atoms. The average molecular weight is 244 g/mol. The largest absolute Gasteiger partial charge is 0.468 e. The third kappa shape index (κ3) is 2.74. The summed E-state index contributed by atoms with van der Waals surface area (Å²) in [6.07, 6.45) is 1.76. The van der Waals surface area contributed by atoms with Crippen LogP contribution in [-0.4, -0.2) is 14.1 Å². The zero-order valence-electron chi connectivity index (χ0n) is 11.2. The van der Waals surface area contributed by atoms with Crippen molar-refractivity contribution in [1.82, 2.24) is 5.32 Å². The van der Waals surface area contributed by atoms with Crippen molar-refractivity contribution in [1.29, 1.82) is 0 Å². The van der Waals surface area contributed by atoms with Crippen molar-refractivity contribution in [2.24, 2.45) is 0 Å². The van der Waals surface area contributed by atoms with Gasteiger partial charge >= 0.3 is 0 Å². The smallest absolute Gasteiger partial charge is 0.122 e. The van der Waals surface area contributed by atoms with Crippen LogP contribution in [0.1, 0.15) is 16.9 Å². The molecule has 0 saturated heterocycles. The van der Waals surface area contributed by atoms with Crippen LogP contribution in [0.2, 0.25) is 0 Å². The van der Waals surface area contributed by atoms with Gasteiger partial charge in [0.25, 0.3) is 0 Å². The number of benzene rings is 1. The maximum atomic E-state index is 5.48. The van der Waals surface area contributed by atoms with Crippen LogP contribution in [0, 0.1) is 6.92 Å². The summed E-state index contributed by atoms with van der Waals surface area (Å²) in [6.45, 7) is 3.76. The fraction of sp³-hybridized carbons (Fsp3) is 0.333. The summed E-state index contributed by atoms with van der Waals surface area (Å²) in [4.78, 5) is 2.25. The molecule has 0 fully saturated rings. The second kappa shape index (κ2) is 5.74. The molecule has 96 valence electrons. The standard InChI is InChI=1S/C15H20N2O/c1-12-6-4-5-7-14(12)17(3)11-13-8-9-18-15(13)10-16-2/h4-9,16H,10-11H2,1-3H3. The van der Waals surface area contributed by atoms with Crippen LogP contribution in [0.4, 0.5) is 5.69 Å². The summed E-state index contributed by atoms with van der Waals surface area (Å²) in [5.41, 5.74) is 3.78. The highest BCUT2D eigenvalue weighted by Gasteiger charge is 2.10. The molecule has 1 aromatic heterocycles. The molecular weight excluding hydrogens is 224 g/mol. The highest BCUT2D eigenvalue weighted by atomic mass is 16.3. The molecule has 1 aromatic carbocycles. The average Bonchev–Trinajstić information content (AvgIpc) is 2.78. The van der Waals surface area contributed by atoms with Crippen LogP contribution in [-0.2, 0) is 13.1 Å². The van der Waals surface area contributed by atoms with Crippen LogP contribution < -0.4 is 10.2 Å². The Labute approximate surface area is 108 Å². The molecule has 2 rings (SSSR count). The predicted octanol–water partition coefficient (Wildman–Crippen LogP) is 2.94. The lowest BCUT2D eigenvalue weighted by Gasteiger charge is -2.21. The minimum absolute atomic E-state index is 0.768. The lowest BCUT2D eigenvalue weighted by Crippen LogP contribution is -2.18. The minimum Gasteiger partial charge on any atom is -0.468 e. The van der Waals surface area contributed by atoms with Crippen molar-refractivity contribution in [3.05, 3.63) is 53.5 Å². The van der Waals surface area contributed by atoms with Crippen LogP contribution in [0.15, 0.2) is 41.0 Å². The van der Waals surface area contributed by atoms with Crippen LogP contribution in [0.5, 0.6) is 0 Å². The van der Waals surface area contributed by atoms with Gasteiger partial charge in [0.2, 0.25) is 0 Å². The van der Waals surface area contributed by atoms with Gasteiger partial charge in [-0.2, -0.15) is 0 Å². The molecule has 0 aliphatic carbocycles. The van der Waals surface area contributed by atoms with Crippen molar-refractivity contribution >= 4 is 5.69 Å². The highest BCUT2D eigenvalue weighted by Crippen LogP contribution is 2.21. The molecule has 0 saturated carbocycles. The van der Waals surface area contributed by atoms with E-state index in [1.54, 1.807) is 6.26 Å². The van der Waals surface area contributed by atoms with Gasteiger partial charge in [-0.3, -0.25) is 0 Å². The van der Waals surface area contributed by atoms with Gasteiger partial charge in [0.15, 0.2) is 0 Å². The number of hydrogen-bond donors (Lipinski definition) is 1. The number of nitrogens with one attached hydrogen (secondary N) is 1. The number of nitrogens with zero attached hydrogens (tertiary/aromatic N) is 1. The third-order valence-electron chi connectivity index (χ3n) is 3.11. The molecule has 0 aliphatic heterocycles. The first kappa shape index (κ1) is 12.7. The molecule has 1 N–H and O–H groups in total. The molecule has 1 heterocycles. The molecule has 18 heavy (non-hydrogen) atoms. The number of aryl methyl sites for hydroxylation is 1. The van der Waals surface area contributed by atoms with Gasteiger partial charge in [-0.05, 0) is 31.7 Å². The second-order valence-corrected chi connectivity index (χ2v) is 4.54. The number of anilines is 1. The van der Waals surface area contributed by atoms with E-state index in [2.05, 4.69) is 48.5 Å². The Balaban J connectivity index is 2.14. The van der Waals surface area contributed by atoms with Crippen molar-refractivity contribution in [2.45, 2.75) is 20.0 Å². The molecule has 3 heteroatoms. The summed E-state index contributed by atoms with van der Waals surface area (Å²) >= 11 is 0. The van der Waals surface area contributed by atoms with Gasteiger partial charge in [0.1, 0.15) is 5.76 Å². The van der Waals surface area contributed by atoms with Gasteiger partial charge < -0.3 is 14.6 Å². The summed E-state index contributed by atoms with van der Waals surface area (Å²) in [7, 11) is 4.04. The minimum atomic E-state index is 0.768. The number of hydrogen-bond acceptors (Lipinski definition) is 3. The lowest BCUT2D eigenvalue weighted by molar-refractivity contribution is 0.490. The van der Waals surface area contributed by atoms with E-state index in [0.29, 0.717) is 0 Å². The number of para-hydroxylation sites is 1. The Morgan fingerprint density at radius 1 is 1.22 bits per heavy atom. The first-order chi connectivity index (χ1) is 8.72. The topological polar surface area (TPSA) is 28.4 Å². The number of rotatable bonds is 5. The van der Waals surface area contributed by atoms with Crippen LogP contribution >= 0.6 is 0 Å². The second-order valence-electron chi connectivity index (χ2n) is 4.54. The van der Waals surface area contributed by atoms with Gasteiger partial charge in [0.05, 0.1) is 12.8 Å². The molecule has 2 aromatic rings. The molecule has 3 nitrogen and oxygen atoms in total. The summed E-state index contributed by atoms with van der Waals surface area (Å²) in [6, 6.07) is 10.5. The Kier molecular flexibility index (Phi) is 4.05. The maximum absolute atomic E-state index is 5.48. The van der Waals surface area contributed by atoms with E-state index in [0.717, 1.165) is 18.8 Å². The van der Waals surface area contributed by atoms with Crippen LogP contribution in [0.25, 0.3) is 0 Å². The molecule has 0 spiro atoms. The normalized spacial score (nSPS) is 10.6. The van der Waals surface area contributed by atoms with Crippen LogP contribution in [0.3, 0.4) is 0 Å². The predicted molar refractivity (Wildman–Crippen MR) is 74.8 cm³/mol. The van der Waals surface area contributed by atoms with E-state index < -0.39 is 0 Å². The molecule has 0 unspecified atom stereocenters. The monoisotopic (exact) mass is 244 g/mol. The van der Waals surface area contributed by atoms with E-state index in [1.807, 2.05) is 13.1 Å². The van der Waals surface area contributed by atoms with Crippen molar-refractivity contribution in [2.75, 3.05) is 19.0 Å². The molecule has 0 atom stereocenters. The van der Waals surface area contributed by atoms with Crippen molar-refractivity contribution in [3.8, 4) is 0 Å². The zero-order chi connectivity index (χ0) is 13.0. The maximum Gasteiger partial charge on any atom is 0.122 e. The Morgan fingerprint density at radius 3 is 2.72 bits per heavy atom. The van der Waals surface area contributed by atoms with E-state index in [-0.39, 0.29) is 0 Å². The van der Waals surface area contributed by atoms with Gasteiger partial charge in [0, 0.05) is 24.8 Å². The number of furan rings is 1. The molecule has 0 radical (unpaired) electrons. The Bertz CT molecular complexity index is 505. The zero-order valence-corrected chi connectivity index (χ0v) is 11.2. The molecule has 0 aliphatic rings. The fourth-order valence-corrected chi connectivity index (χ4v) is 2.16. The fourth-order valence-electron chi connectivity index (χ4n) is 2.16. The summed E-state index contributed by atoms with van der Waals surface area (Å²) < 4.78 is 5.48. The third-order valence-corrected chi connectivity index (χ3v) is 3.11. The molecule has 0 amide bonds. The quantitative estimate of drug-likeness (QED) is 0.876. The first-order valence-electron chi connectivity index (χ1n) is 6.19. The Hall–Kier alpha value is -1.74. The first-order valence-corrected chi connectivity index (χ1v) is 6.19. The van der Waals surface area contributed by atoms with E-state index in [1.165, 1.54) is 16.8 Å². The van der Waals surface area contributed by atoms with Gasteiger partial charge in [-0.25, -0.2) is 0 Å². The van der Waals surface area contributed by atoms with E-state index >= 15 is 0 Å². The van der Waals surface area contributed by atoms with Crippen molar-refractivity contribution < 1.29 is 4.42 Å². The Morgan fingerprint density at radius 2 is 2.00 bits per heavy atom. The SMILES string of the molecule is CNCc1occc1CN(C)c1ccccc1C. The molecular formula is C15H20N2O. The van der Waals surface area contributed by atoms with Crippen molar-refractivity contribution in [3.63, 3.8) is 0 Å². The summed E-state index contributed by atoms with van der Waals surface area (Å²) in [5, 5.41) is 3.12.